The van der Waals surface area contributed by atoms with E-state index in [9.17, 15) is 4.79 Å². The van der Waals surface area contributed by atoms with Crippen molar-refractivity contribution < 1.29 is 14.6 Å². The van der Waals surface area contributed by atoms with Gasteiger partial charge >= 0.3 is 0 Å². The third kappa shape index (κ3) is 5.57. The van der Waals surface area contributed by atoms with Crippen molar-refractivity contribution in [1.82, 2.24) is 5.32 Å². The van der Waals surface area contributed by atoms with Gasteiger partial charge in [-0.15, -0.1) is 0 Å². The first kappa shape index (κ1) is 12.3. The third-order valence-corrected chi connectivity index (χ3v) is 1.68. The van der Waals surface area contributed by atoms with Gasteiger partial charge in [-0.05, 0) is 12.8 Å². The molecule has 0 aliphatic rings. The maximum Gasteiger partial charge on any atom is 0.250 e. The molecule has 0 radical (unpaired) electrons. The van der Waals surface area contributed by atoms with Gasteiger partial charge in [0, 0.05) is 26.8 Å². The lowest BCUT2D eigenvalue weighted by atomic mass is 10.3. The molecular weight excluding hydrogens is 172 g/mol. The van der Waals surface area contributed by atoms with Crippen LogP contribution in [-0.4, -0.2) is 43.9 Å². The van der Waals surface area contributed by atoms with Crippen LogP contribution in [0.4, 0.5) is 0 Å². The van der Waals surface area contributed by atoms with Crippen molar-refractivity contribution in [2.75, 3.05) is 26.8 Å². The highest BCUT2D eigenvalue weighted by atomic mass is 16.5. The number of carbonyl (C=O) groups excluding carboxylic acids is 1. The molecule has 0 aromatic rings. The number of methoxy groups -OCH3 is 1. The largest absolute Gasteiger partial charge is 0.396 e. The summed E-state index contributed by atoms with van der Waals surface area (Å²) in [4.78, 5) is 11.2. The number of ether oxygens (including phenoxy) is 1. The first-order chi connectivity index (χ1) is 6.26. The predicted molar refractivity (Wildman–Crippen MR) is 49.2 cm³/mol. The molecule has 78 valence electrons. The topological polar surface area (TPSA) is 84.6 Å². The Kier molecular flexibility index (Phi) is 7.57. The number of rotatable bonds is 7. The number of nitrogens with one attached hydrogen (secondary N) is 1. The van der Waals surface area contributed by atoms with E-state index in [2.05, 4.69) is 5.32 Å². The molecule has 0 aromatic heterocycles. The second-order valence-electron chi connectivity index (χ2n) is 2.68. The van der Waals surface area contributed by atoms with Gasteiger partial charge in [0.05, 0.1) is 0 Å². The van der Waals surface area contributed by atoms with Crippen LogP contribution in [0.25, 0.3) is 0 Å². The van der Waals surface area contributed by atoms with E-state index in [1.165, 1.54) is 7.11 Å². The zero-order chi connectivity index (χ0) is 10.1. The number of hydrogen-bond donors (Lipinski definition) is 3. The lowest BCUT2D eigenvalue weighted by molar-refractivity contribution is -0.130. The second-order valence-corrected chi connectivity index (χ2v) is 2.68. The quantitative estimate of drug-likeness (QED) is 0.442. The zero-order valence-electron chi connectivity index (χ0n) is 7.95. The number of aliphatic hydroxyl groups excluding tert-OH is 1. The van der Waals surface area contributed by atoms with Crippen LogP contribution >= 0.6 is 0 Å². The summed E-state index contributed by atoms with van der Waals surface area (Å²) in [5.41, 5.74) is 5.29. The number of amides is 1. The fraction of sp³-hybridized carbons (Fsp3) is 0.875. The Bertz CT molecular complexity index is 137. The zero-order valence-corrected chi connectivity index (χ0v) is 7.95. The normalized spacial score (nSPS) is 12.5. The van der Waals surface area contributed by atoms with Crippen LogP contribution in [-0.2, 0) is 9.53 Å². The van der Waals surface area contributed by atoms with E-state index in [1.54, 1.807) is 0 Å². The van der Waals surface area contributed by atoms with E-state index >= 15 is 0 Å². The van der Waals surface area contributed by atoms with E-state index in [0.29, 0.717) is 13.0 Å². The molecule has 5 nitrogen and oxygen atoms in total. The molecular formula is C8H18N2O3. The molecule has 0 bridgehead atoms. The summed E-state index contributed by atoms with van der Waals surface area (Å²) < 4.78 is 4.83. The number of nitrogens with two attached hydrogens (primary N) is 1. The smallest absolute Gasteiger partial charge is 0.250 e. The highest BCUT2D eigenvalue weighted by molar-refractivity contribution is 5.80. The summed E-state index contributed by atoms with van der Waals surface area (Å²) in [5, 5.41) is 11.1. The monoisotopic (exact) mass is 190 g/mol. The standard InChI is InChI=1S/C8H18N2O3/c1-13-7(6-9)8(12)10-4-2-3-5-11/h7,11H,2-6,9H2,1H3,(H,10,12). The van der Waals surface area contributed by atoms with E-state index in [-0.39, 0.29) is 19.1 Å². The van der Waals surface area contributed by atoms with Crippen LogP contribution in [0.1, 0.15) is 12.8 Å². The van der Waals surface area contributed by atoms with Crippen LogP contribution in [0.2, 0.25) is 0 Å². The van der Waals surface area contributed by atoms with E-state index in [4.69, 9.17) is 15.6 Å². The van der Waals surface area contributed by atoms with E-state index < -0.39 is 6.10 Å². The molecule has 0 aliphatic heterocycles. The van der Waals surface area contributed by atoms with Crippen molar-refractivity contribution >= 4 is 5.91 Å². The van der Waals surface area contributed by atoms with Crippen LogP contribution in [0.3, 0.4) is 0 Å². The van der Waals surface area contributed by atoms with Gasteiger partial charge in [0.1, 0.15) is 6.10 Å². The van der Waals surface area contributed by atoms with Crippen molar-refractivity contribution in [2.45, 2.75) is 18.9 Å². The summed E-state index contributed by atoms with van der Waals surface area (Å²) in [6.45, 7) is 0.891. The number of hydrogen-bond acceptors (Lipinski definition) is 4. The molecule has 5 heteroatoms. The van der Waals surface area contributed by atoms with Crippen LogP contribution in [0, 0.1) is 0 Å². The van der Waals surface area contributed by atoms with E-state index in [0.717, 1.165) is 6.42 Å². The Balaban J connectivity index is 3.48. The molecule has 0 aromatic carbocycles. The lowest BCUT2D eigenvalue weighted by Crippen LogP contribution is -2.40. The fourth-order valence-corrected chi connectivity index (χ4v) is 0.873. The maximum absolute atomic E-state index is 11.2. The van der Waals surface area contributed by atoms with Gasteiger partial charge in [0.25, 0.3) is 0 Å². The second kappa shape index (κ2) is 7.97. The van der Waals surface area contributed by atoms with Gasteiger partial charge in [-0.25, -0.2) is 0 Å². The molecule has 4 N–H and O–H groups in total. The van der Waals surface area contributed by atoms with Crippen LogP contribution in [0.5, 0.6) is 0 Å². The number of carbonyl (C=O) groups is 1. The SMILES string of the molecule is COC(CN)C(=O)NCCCCO. The molecule has 13 heavy (non-hydrogen) atoms. The predicted octanol–water partition coefficient (Wildman–Crippen LogP) is -1.15. The fourth-order valence-electron chi connectivity index (χ4n) is 0.873. The van der Waals surface area contributed by atoms with E-state index in [1.807, 2.05) is 0 Å². The summed E-state index contributed by atoms with van der Waals surface area (Å²) >= 11 is 0. The molecule has 0 rings (SSSR count). The summed E-state index contributed by atoms with van der Waals surface area (Å²) in [6.07, 6.45) is 0.901. The molecule has 0 heterocycles. The first-order valence-corrected chi connectivity index (χ1v) is 4.37. The van der Waals surface area contributed by atoms with Crippen LogP contribution < -0.4 is 11.1 Å². The Labute approximate surface area is 78.3 Å². The molecule has 0 aliphatic carbocycles. The Morgan fingerprint density at radius 2 is 2.31 bits per heavy atom. The van der Waals surface area contributed by atoms with Crippen molar-refractivity contribution in [2.24, 2.45) is 5.73 Å². The van der Waals surface area contributed by atoms with Gasteiger partial charge in [-0.1, -0.05) is 0 Å². The van der Waals surface area contributed by atoms with Crippen molar-refractivity contribution in [1.29, 1.82) is 0 Å². The number of aliphatic hydroxyl groups is 1. The molecule has 0 saturated heterocycles. The highest BCUT2D eigenvalue weighted by Gasteiger charge is 2.13. The highest BCUT2D eigenvalue weighted by Crippen LogP contribution is 1.88. The third-order valence-electron chi connectivity index (χ3n) is 1.68. The van der Waals surface area contributed by atoms with Gasteiger partial charge in [-0.3, -0.25) is 4.79 Å². The van der Waals surface area contributed by atoms with Gasteiger partial charge in [-0.2, -0.15) is 0 Å². The minimum atomic E-state index is -0.561. The van der Waals surface area contributed by atoms with Crippen molar-refractivity contribution in [3.05, 3.63) is 0 Å². The van der Waals surface area contributed by atoms with Gasteiger partial charge < -0.3 is 20.9 Å². The average Bonchev–Trinajstić information content (AvgIpc) is 2.14. The average molecular weight is 190 g/mol. The first-order valence-electron chi connectivity index (χ1n) is 4.37. The molecule has 0 saturated carbocycles. The van der Waals surface area contributed by atoms with Crippen molar-refractivity contribution in [3.8, 4) is 0 Å². The Hall–Kier alpha value is -0.650. The molecule has 1 amide bonds. The maximum atomic E-state index is 11.2. The Morgan fingerprint density at radius 1 is 1.62 bits per heavy atom. The number of unbranched alkanes of at least 4 members (excludes halogenated alkanes) is 1. The molecule has 1 unspecified atom stereocenters. The summed E-state index contributed by atoms with van der Waals surface area (Å²) in [7, 11) is 1.45. The molecule has 1 atom stereocenters. The Morgan fingerprint density at radius 3 is 2.77 bits per heavy atom. The minimum absolute atomic E-state index is 0.153. The van der Waals surface area contributed by atoms with Gasteiger partial charge in [0.15, 0.2) is 0 Å². The van der Waals surface area contributed by atoms with Gasteiger partial charge in [0.2, 0.25) is 5.91 Å². The summed E-state index contributed by atoms with van der Waals surface area (Å²) in [5.74, 6) is -0.192. The molecule has 0 spiro atoms. The van der Waals surface area contributed by atoms with Crippen LogP contribution in [0.15, 0.2) is 0 Å². The lowest BCUT2D eigenvalue weighted by Gasteiger charge is -2.12. The summed E-state index contributed by atoms with van der Waals surface area (Å²) in [6, 6.07) is 0. The minimum Gasteiger partial charge on any atom is -0.396 e. The van der Waals surface area contributed by atoms with Crippen molar-refractivity contribution in [3.63, 3.8) is 0 Å². The molecule has 0 fully saturated rings.